The second kappa shape index (κ2) is 9.20. The Morgan fingerprint density at radius 1 is 1.36 bits per heavy atom. The molecule has 3 rings (SSSR count). The van der Waals surface area contributed by atoms with Crippen LogP contribution in [0.5, 0.6) is 5.75 Å². The summed E-state index contributed by atoms with van der Waals surface area (Å²) in [6.07, 6.45) is 5.28. The van der Waals surface area contributed by atoms with Gasteiger partial charge in [-0.3, -0.25) is 4.79 Å². The number of rotatable bonds is 7. The highest BCUT2D eigenvalue weighted by Crippen LogP contribution is 2.25. The van der Waals surface area contributed by atoms with E-state index in [1.165, 1.54) is 12.8 Å². The van der Waals surface area contributed by atoms with E-state index in [9.17, 15) is 4.79 Å². The molecule has 1 amide bonds. The summed E-state index contributed by atoms with van der Waals surface area (Å²) in [5, 5.41) is 6.39. The summed E-state index contributed by atoms with van der Waals surface area (Å²) in [7, 11) is 0. The number of amides is 1. The van der Waals surface area contributed by atoms with Gasteiger partial charge in [-0.2, -0.15) is 0 Å². The van der Waals surface area contributed by atoms with E-state index in [-0.39, 0.29) is 12.0 Å². The van der Waals surface area contributed by atoms with Crippen molar-refractivity contribution in [3.8, 4) is 5.75 Å². The zero-order valence-corrected chi connectivity index (χ0v) is 15.1. The van der Waals surface area contributed by atoms with Crippen molar-refractivity contribution in [2.24, 2.45) is 11.8 Å². The molecule has 0 spiro atoms. The molecule has 1 aromatic rings. The van der Waals surface area contributed by atoms with Crippen molar-refractivity contribution in [2.75, 3.05) is 31.6 Å². The Bertz CT molecular complexity index is 552. The molecular formula is C20H30N2O3. The summed E-state index contributed by atoms with van der Waals surface area (Å²) < 4.78 is 11.4. The molecule has 2 atom stereocenters. The van der Waals surface area contributed by atoms with Gasteiger partial charge in [0.2, 0.25) is 5.91 Å². The lowest BCUT2D eigenvalue weighted by Crippen LogP contribution is -2.32. The standard InChI is InChI=1S/C20H30N2O3/c1-15(16-7-9-21-10-8-16)12-20(23)22-17-4-2-5-18(13-17)25-14-19-6-3-11-24-19/h2,4-5,13,15-16,19,21H,3,6-12,14H2,1H3,(H,22,23). The summed E-state index contributed by atoms with van der Waals surface area (Å²) in [6.45, 7) is 5.74. The van der Waals surface area contributed by atoms with Crippen LogP contribution in [-0.4, -0.2) is 38.3 Å². The zero-order chi connectivity index (χ0) is 17.5. The topological polar surface area (TPSA) is 59.6 Å². The van der Waals surface area contributed by atoms with Gasteiger partial charge in [-0.15, -0.1) is 0 Å². The second-order valence-electron chi connectivity index (χ2n) is 7.29. The highest BCUT2D eigenvalue weighted by Gasteiger charge is 2.22. The first-order valence-corrected chi connectivity index (χ1v) is 9.56. The van der Waals surface area contributed by atoms with Crippen LogP contribution in [0.3, 0.4) is 0 Å². The van der Waals surface area contributed by atoms with E-state index in [0.717, 1.165) is 44.0 Å². The summed E-state index contributed by atoms with van der Waals surface area (Å²) >= 11 is 0. The van der Waals surface area contributed by atoms with E-state index in [4.69, 9.17) is 9.47 Å². The molecule has 0 saturated carbocycles. The third-order valence-corrected chi connectivity index (χ3v) is 5.27. The number of carbonyl (C=O) groups is 1. The van der Waals surface area contributed by atoms with E-state index in [0.29, 0.717) is 24.9 Å². The average molecular weight is 346 g/mol. The molecule has 2 fully saturated rings. The molecule has 2 unspecified atom stereocenters. The van der Waals surface area contributed by atoms with Crippen molar-refractivity contribution in [1.29, 1.82) is 0 Å². The molecular weight excluding hydrogens is 316 g/mol. The van der Waals surface area contributed by atoms with Crippen molar-refractivity contribution in [3.63, 3.8) is 0 Å². The average Bonchev–Trinajstić information content (AvgIpc) is 3.14. The number of hydrogen-bond donors (Lipinski definition) is 2. The predicted octanol–water partition coefficient (Wildman–Crippen LogP) is 3.21. The van der Waals surface area contributed by atoms with Crippen molar-refractivity contribution in [2.45, 2.75) is 45.1 Å². The molecule has 2 aliphatic heterocycles. The number of piperidine rings is 1. The van der Waals surface area contributed by atoms with Crippen LogP contribution in [0.1, 0.15) is 39.0 Å². The minimum absolute atomic E-state index is 0.0855. The Labute approximate surface area is 150 Å². The van der Waals surface area contributed by atoms with E-state index >= 15 is 0 Å². The molecule has 5 heteroatoms. The summed E-state index contributed by atoms with van der Waals surface area (Å²) in [5.41, 5.74) is 0.798. The Morgan fingerprint density at radius 3 is 2.96 bits per heavy atom. The van der Waals surface area contributed by atoms with Crippen LogP contribution >= 0.6 is 0 Å². The third kappa shape index (κ3) is 5.72. The lowest BCUT2D eigenvalue weighted by Gasteiger charge is -2.27. The Kier molecular flexibility index (Phi) is 6.70. The van der Waals surface area contributed by atoms with Crippen LogP contribution in [0.2, 0.25) is 0 Å². The smallest absolute Gasteiger partial charge is 0.224 e. The van der Waals surface area contributed by atoms with Gasteiger partial charge < -0.3 is 20.1 Å². The first kappa shape index (κ1) is 18.2. The molecule has 2 N–H and O–H groups in total. The first-order chi connectivity index (χ1) is 12.2. The highest BCUT2D eigenvalue weighted by atomic mass is 16.5. The molecule has 138 valence electrons. The normalized spacial score (nSPS) is 22.5. The van der Waals surface area contributed by atoms with Crippen molar-refractivity contribution >= 4 is 11.6 Å². The summed E-state index contributed by atoms with van der Waals surface area (Å²) in [5.74, 6) is 1.93. The molecule has 0 bridgehead atoms. The predicted molar refractivity (Wildman–Crippen MR) is 98.9 cm³/mol. The fraction of sp³-hybridized carbons (Fsp3) is 0.650. The van der Waals surface area contributed by atoms with Gasteiger partial charge in [-0.05, 0) is 62.7 Å². The van der Waals surface area contributed by atoms with Crippen LogP contribution in [0.4, 0.5) is 5.69 Å². The van der Waals surface area contributed by atoms with Crippen LogP contribution in [0.25, 0.3) is 0 Å². The number of ether oxygens (including phenoxy) is 2. The molecule has 0 radical (unpaired) electrons. The monoisotopic (exact) mass is 346 g/mol. The number of hydrogen-bond acceptors (Lipinski definition) is 4. The van der Waals surface area contributed by atoms with Gasteiger partial charge in [0, 0.05) is 24.8 Å². The fourth-order valence-corrected chi connectivity index (χ4v) is 3.71. The fourth-order valence-electron chi connectivity index (χ4n) is 3.71. The summed E-state index contributed by atoms with van der Waals surface area (Å²) in [4.78, 5) is 12.4. The molecule has 2 aliphatic rings. The van der Waals surface area contributed by atoms with Crippen molar-refractivity contribution < 1.29 is 14.3 Å². The van der Waals surface area contributed by atoms with Gasteiger partial charge in [0.15, 0.2) is 0 Å². The van der Waals surface area contributed by atoms with Gasteiger partial charge in [0.1, 0.15) is 12.4 Å². The zero-order valence-electron chi connectivity index (χ0n) is 15.1. The van der Waals surface area contributed by atoms with Crippen LogP contribution in [0.15, 0.2) is 24.3 Å². The third-order valence-electron chi connectivity index (χ3n) is 5.27. The Balaban J connectivity index is 1.46. The van der Waals surface area contributed by atoms with E-state index < -0.39 is 0 Å². The van der Waals surface area contributed by atoms with Gasteiger partial charge in [0.25, 0.3) is 0 Å². The molecule has 0 aliphatic carbocycles. The molecule has 0 aromatic heterocycles. The SMILES string of the molecule is CC(CC(=O)Nc1cccc(OCC2CCCO2)c1)C1CCNCC1. The maximum atomic E-state index is 12.4. The second-order valence-corrected chi connectivity index (χ2v) is 7.29. The summed E-state index contributed by atoms with van der Waals surface area (Å²) in [6, 6.07) is 7.63. The number of benzene rings is 1. The number of carbonyl (C=O) groups excluding carboxylic acids is 1. The largest absolute Gasteiger partial charge is 0.491 e. The van der Waals surface area contributed by atoms with Crippen LogP contribution < -0.4 is 15.4 Å². The minimum atomic E-state index is 0.0855. The van der Waals surface area contributed by atoms with Crippen LogP contribution in [0, 0.1) is 11.8 Å². The lowest BCUT2D eigenvalue weighted by atomic mass is 9.84. The van der Waals surface area contributed by atoms with E-state index in [1.54, 1.807) is 0 Å². The van der Waals surface area contributed by atoms with Crippen molar-refractivity contribution in [3.05, 3.63) is 24.3 Å². The minimum Gasteiger partial charge on any atom is -0.491 e. The lowest BCUT2D eigenvalue weighted by molar-refractivity contribution is -0.117. The molecule has 2 saturated heterocycles. The van der Waals surface area contributed by atoms with Gasteiger partial charge in [-0.25, -0.2) is 0 Å². The van der Waals surface area contributed by atoms with Gasteiger partial charge in [-0.1, -0.05) is 13.0 Å². The molecule has 25 heavy (non-hydrogen) atoms. The molecule has 2 heterocycles. The van der Waals surface area contributed by atoms with Gasteiger partial charge in [0.05, 0.1) is 6.10 Å². The first-order valence-electron chi connectivity index (χ1n) is 9.56. The maximum Gasteiger partial charge on any atom is 0.224 e. The van der Waals surface area contributed by atoms with E-state index in [2.05, 4.69) is 17.6 Å². The van der Waals surface area contributed by atoms with E-state index in [1.807, 2.05) is 24.3 Å². The molecule has 5 nitrogen and oxygen atoms in total. The Hall–Kier alpha value is -1.59. The van der Waals surface area contributed by atoms with Crippen LogP contribution in [-0.2, 0) is 9.53 Å². The highest BCUT2D eigenvalue weighted by molar-refractivity contribution is 5.91. The Morgan fingerprint density at radius 2 is 2.20 bits per heavy atom. The number of nitrogens with one attached hydrogen (secondary N) is 2. The quantitative estimate of drug-likeness (QED) is 0.796. The number of anilines is 1. The maximum absolute atomic E-state index is 12.4. The molecule has 1 aromatic carbocycles. The van der Waals surface area contributed by atoms with Gasteiger partial charge >= 0.3 is 0 Å². The van der Waals surface area contributed by atoms with Crippen molar-refractivity contribution in [1.82, 2.24) is 5.32 Å².